The SMILES string of the molecule is Cn1cc(Br)c2c(C3(CC(=O)O)CC3)cccc21. The summed E-state index contributed by atoms with van der Waals surface area (Å²) >= 11 is 3.59. The first-order chi connectivity index (χ1) is 8.53. The normalized spacial score (nSPS) is 17.0. The van der Waals surface area contributed by atoms with E-state index in [4.69, 9.17) is 5.11 Å². The molecule has 0 aliphatic heterocycles. The molecule has 3 nitrogen and oxygen atoms in total. The first-order valence-corrected chi connectivity index (χ1v) is 6.79. The van der Waals surface area contributed by atoms with Gasteiger partial charge in [-0.15, -0.1) is 0 Å². The minimum absolute atomic E-state index is 0.144. The highest BCUT2D eigenvalue weighted by Gasteiger charge is 2.47. The van der Waals surface area contributed by atoms with Crippen LogP contribution in [0.3, 0.4) is 0 Å². The third-order valence-corrected chi connectivity index (χ3v) is 4.48. The van der Waals surface area contributed by atoms with Crippen LogP contribution in [0.1, 0.15) is 24.8 Å². The molecule has 2 aromatic rings. The monoisotopic (exact) mass is 307 g/mol. The van der Waals surface area contributed by atoms with Crippen LogP contribution in [0.15, 0.2) is 28.9 Å². The summed E-state index contributed by atoms with van der Waals surface area (Å²) in [6.45, 7) is 0. The Kier molecular flexibility index (Phi) is 2.52. The maximum absolute atomic E-state index is 11.0. The van der Waals surface area contributed by atoms with Crippen molar-refractivity contribution in [2.24, 2.45) is 7.05 Å². The highest BCUT2D eigenvalue weighted by atomic mass is 79.9. The number of aryl methyl sites for hydroxylation is 1. The number of rotatable bonds is 3. The number of halogens is 1. The molecular formula is C14H14BrNO2. The second-order valence-corrected chi connectivity index (χ2v) is 5.99. The second-order valence-electron chi connectivity index (χ2n) is 5.14. The fraction of sp³-hybridized carbons (Fsp3) is 0.357. The maximum atomic E-state index is 11.0. The first-order valence-electron chi connectivity index (χ1n) is 5.99. The molecule has 0 spiro atoms. The quantitative estimate of drug-likeness (QED) is 0.943. The molecule has 0 bridgehead atoms. The Morgan fingerprint density at radius 1 is 1.50 bits per heavy atom. The van der Waals surface area contributed by atoms with Crippen LogP contribution in [0.5, 0.6) is 0 Å². The number of nitrogens with zero attached hydrogens (tertiary/aromatic N) is 1. The molecule has 18 heavy (non-hydrogen) atoms. The van der Waals surface area contributed by atoms with Crippen molar-refractivity contribution in [2.45, 2.75) is 24.7 Å². The summed E-state index contributed by atoms with van der Waals surface area (Å²) in [7, 11) is 2.01. The van der Waals surface area contributed by atoms with Gasteiger partial charge in [0.1, 0.15) is 0 Å². The van der Waals surface area contributed by atoms with Crippen LogP contribution in [0, 0.1) is 0 Å². The molecule has 0 atom stereocenters. The van der Waals surface area contributed by atoms with Crippen LogP contribution in [0.2, 0.25) is 0 Å². The molecule has 1 fully saturated rings. The molecule has 0 amide bonds. The third kappa shape index (κ3) is 1.67. The van der Waals surface area contributed by atoms with Crippen LogP contribution in [-0.2, 0) is 17.3 Å². The van der Waals surface area contributed by atoms with E-state index in [0.717, 1.165) is 22.8 Å². The van der Waals surface area contributed by atoms with Crippen molar-refractivity contribution in [3.8, 4) is 0 Å². The van der Waals surface area contributed by atoms with E-state index in [9.17, 15) is 4.79 Å². The zero-order valence-corrected chi connectivity index (χ0v) is 11.7. The minimum atomic E-state index is -0.712. The van der Waals surface area contributed by atoms with E-state index < -0.39 is 5.97 Å². The number of carboxylic acid groups (broad SMARTS) is 1. The van der Waals surface area contributed by atoms with Gasteiger partial charge in [-0.25, -0.2) is 0 Å². The van der Waals surface area contributed by atoms with Crippen molar-refractivity contribution < 1.29 is 9.90 Å². The lowest BCUT2D eigenvalue weighted by molar-refractivity contribution is -0.137. The maximum Gasteiger partial charge on any atom is 0.304 e. The molecule has 1 aliphatic rings. The Hall–Kier alpha value is -1.29. The summed E-state index contributed by atoms with van der Waals surface area (Å²) in [6.07, 6.45) is 4.21. The van der Waals surface area contributed by atoms with Gasteiger partial charge < -0.3 is 9.67 Å². The van der Waals surface area contributed by atoms with Crippen LogP contribution in [0.4, 0.5) is 0 Å². The van der Waals surface area contributed by atoms with Gasteiger partial charge in [0.25, 0.3) is 0 Å². The van der Waals surface area contributed by atoms with Crippen LogP contribution < -0.4 is 0 Å². The largest absolute Gasteiger partial charge is 0.481 e. The van der Waals surface area contributed by atoms with E-state index in [1.54, 1.807) is 0 Å². The van der Waals surface area contributed by atoms with Crippen LogP contribution in [0.25, 0.3) is 10.9 Å². The van der Waals surface area contributed by atoms with E-state index in [2.05, 4.69) is 32.6 Å². The predicted molar refractivity (Wildman–Crippen MR) is 73.8 cm³/mol. The Bertz CT molecular complexity index is 641. The number of carboxylic acids is 1. The summed E-state index contributed by atoms with van der Waals surface area (Å²) in [5, 5.41) is 10.2. The van der Waals surface area contributed by atoms with Gasteiger partial charge in [0, 0.05) is 34.0 Å². The Labute approximate surface area is 114 Å². The lowest BCUT2D eigenvalue weighted by Crippen LogP contribution is -2.13. The number of aromatic nitrogens is 1. The molecule has 4 heteroatoms. The van der Waals surface area contributed by atoms with E-state index in [0.29, 0.717) is 0 Å². The summed E-state index contributed by atoms with van der Waals surface area (Å²) < 4.78 is 3.12. The molecule has 0 radical (unpaired) electrons. The third-order valence-electron chi connectivity index (χ3n) is 3.88. The van der Waals surface area contributed by atoms with Gasteiger partial charge in [-0.2, -0.15) is 0 Å². The smallest absolute Gasteiger partial charge is 0.304 e. The van der Waals surface area contributed by atoms with Crippen molar-refractivity contribution in [3.63, 3.8) is 0 Å². The van der Waals surface area contributed by atoms with Gasteiger partial charge in [0.2, 0.25) is 0 Å². The molecular weight excluding hydrogens is 294 g/mol. The number of benzene rings is 1. The number of hydrogen-bond donors (Lipinski definition) is 1. The van der Waals surface area contributed by atoms with E-state index in [1.807, 2.05) is 19.3 Å². The Morgan fingerprint density at radius 2 is 2.22 bits per heavy atom. The number of fused-ring (bicyclic) bond motifs is 1. The molecule has 1 N–H and O–H groups in total. The lowest BCUT2D eigenvalue weighted by Gasteiger charge is -2.15. The molecule has 1 aromatic carbocycles. The molecule has 1 aromatic heterocycles. The van der Waals surface area contributed by atoms with Crippen molar-refractivity contribution in [2.75, 3.05) is 0 Å². The Balaban J connectivity index is 2.21. The van der Waals surface area contributed by atoms with Crippen molar-refractivity contribution in [1.82, 2.24) is 4.57 Å². The molecule has 94 valence electrons. The molecule has 0 saturated heterocycles. The van der Waals surface area contributed by atoms with Crippen molar-refractivity contribution in [1.29, 1.82) is 0 Å². The van der Waals surface area contributed by atoms with Crippen LogP contribution in [-0.4, -0.2) is 15.6 Å². The molecule has 1 saturated carbocycles. The van der Waals surface area contributed by atoms with E-state index in [-0.39, 0.29) is 11.8 Å². The van der Waals surface area contributed by atoms with Crippen molar-refractivity contribution in [3.05, 3.63) is 34.4 Å². The fourth-order valence-electron chi connectivity index (χ4n) is 2.81. The van der Waals surface area contributed by atoms with Gasteiger partial charge >= 0.3 is 5.97 Å². The summed E-state index contributed by atoms with van der Waals surface area (Å²) in [5.41, 5.74) is 2.18. The predicted octanol–water partition coefficient (Wildman–Crippen LogP) is 3.45. The van der Waals surface area contributed by atoms with Gasteiger partial charge in [0.05, 0.1) is 6.42 Å². The minimum Gasteiger partial charge on any atom is -0.481 e. The highest BCUT2D eigenvalue weighted by Crippen LogP contribution is 2.53. The van der Waals surface area contributed by atoms with E-state index in [1.165, 1.54) is 10.9 Å². The topological polar surface area (TPSA) is 42.2 Å². The fourth-order valence-corrected chi connectivity index (χ4v) is 3.54. The van der Waals surface area contributed by atoms with Crippen molar-refractivity contribution >= 4 is 32.8 Å². The summed E-state index contributed by atoms with van der Waals surface area (Å²) in [5.74, 6) is -0.712. The second kappa shape index (κ2) is 3.85. The standard InChI is InChI=1S/C14H14BrNO2/c1-16-8-10(15)13-9(3-2-4-11(13)16)14(5-6-14)7-12(17)18/h2-4,8H,5-7H2,1H3,(H,17,18). The molecule has 0 unspecified atom stereocenters. The van der Waals surface area contributed by atoms with Gasteiger partial charge in [-0.3, -0.25) is 4.79 Å². The number of aliphatic carboxylic acids is 1. The molecule has 3 rings (SSSR count). The average molecular weight is 308 g/mol. The zero-order chi connectivity index (χ0) is 12.9. The highest BCUT2D eigenvalue weighted by molar-refractivity contribution is 9.10. The summed E-state index contributed by atoms with van der Waals surface area (Å²) in [6, 6.07) is 6.16. The summed E-state index contributed by atoms with van der Waals surface area (Å²) in [4.78, 5) is 11.0. The van der Waals surface area contributed by atoms with Gasteiger partial charge in [0.15, 0.2) is 0 Å². The van der Waals surface area contributed by atoms with Crippen LogP contribution >= 0.6 is 15.9 Å². The number of hydrogen-bond acceptors (Lipinski definition) is 1. The first kappa shape index (κ1) is 11.8. The van der Waals surface area contributed by atoms with E-state index >= 15 is 0 Å². The lowest BCUT2D eigenvalue weighted by atomic mass is 9.90. The van der Waals surface area contributed by atoms with Gasteiger partial charge in [-0.05, 0) is 40.4 Å². The molecule has 1 aliphatic carbocycles. The number of carbonyl (C=O) groups is 1. The Morgan fingerprint density at radius 3 is 2.83 bits per heavy atom. The average Bonchev–Trinajstić information content (AvgIpc) is 3.01. The zero-order valence-electron chi connectivity index (χ0n) is 10.1. The van der Waals surface area contributed by atoms with Gasteiger partial charge in [-0.1, -0.05) is 12.1 Å². The molecule has 1 heterocycles.